The summed E-state index contributed by atoms with van der Waals surface area (Å²) >= 11 is 1.26. The normalized spacial score (nSPS) is 11.2. The van der Waals surface area contributed by atoms with Crippen LogP contribution in [0.2, 0.25) is 0 Å². The average Bonchev–Trinajstić information content (AvgIpc) is 3.19. The fourth-order valence-electron chi connectivity index (χ4n) is 2.68. The SMILES string of the molecule is CCCOc1ccc(C(=O)Oc2ccc(N=Nc3nc4ccc(F)cc4s3)cc2)cc1. The summed E-state index contributed by atoms with van der Waals surface area (Å²) in [6.07, 6.45) is 0.917. The molecule has 31 heavy (non-hydrogen) atoms. The molecule has 0 aliphatic rings. The largest absolute Gasteiger partial charge is 0.494 e. The molecule has 0 fully saturated rings. The maximum Gasteiger partial charge on any atom is 0.343 e. The molecule has 1 aromatic heterocycles. The Hall–Kier alpha value is -3.65. The lowest BCUT2D eigenvalue weighted by atomic mass is 10.2. The summed E-state index contributed by atoms with van der Waals surface area (Å²) in [5.41, 5.74) is 1.68. The lowest BCUT2D eigenvalue weighted by molar-refractivity contribution is 0.0734. The van der Waals surface area contributed by atoms with E-state index in [0.29, 0.717) is 44.7 Å². The van der Waals surface area contributed by atoms with Gasteiger partial charge in [-0.2, -0.15) is 0 Å². The molecule has 156 valence electrons. The molecule has 0 bridgehead atoms. The van der Waals surface area contributed by atoms with Gasteiger partial charge in [0.1, 0.15) is 17.3 Å². The van der Waals surface area contributed by atoms with E-state index >= 15 is 0 Å². The van der Waals surface area contributed by atoms with Crippen molar-refractivity contribution < 1.29 is 18.7 Å². The van der Waals surface area contributed by atoms with Crippen LogP contribution in [0.5, 0.6) is 11.5 Å². The number of benzene rings is 3. The maximum atomic E-state index is 13.3. The van der Waals surface area contributed by atoms with Crippen molar-refractivity contribution in [1.29, 1.82) is 0 Å². The first kappa shape index (κ1) is 20.6. The predicted octanol–water partition coefficient (Wildman–Crippen LogP) is 6.86. The number of carbonyl (C=O) groups is 1. The molecule has 0 atom stereocenters. The molecule has 0 amide bonds. The Morgan fingerprint density at radius 3 is 2.48 bits per heavy atom. The molecule has 8 heteroatoms. The van der Waals surface area contributed by atoms with Gasteiger partial charge in [0.05, 0.1) is 28.1 Å². The fourth-order valence-corrected chi connectivity index (χ4v) is 3.50. The number of nitrogens with zero attached hydrogens (tertiary/aromatic N) is 3. The summed E-state index contributed by atoms with van der Waals surface area (Å²) < 4.78 is 24.9. The molecule has 4 aromatic rings. The van der Waals surface area contributed by atoms with E-state index in [1.54, 1.807) is 54.6 Å². The Bertz CT molecular complexity index is 1220. The quantitative estimate of drug-likeness (QED) is 0.181. The summed E-state index contributed by atoms with van der Waals surface area (Å²) in [5.74, 6) is 0.334. The van der Waals surface area contributed by atoms with Crippen LogP contribution in [-0.4, -0.2) is 17.6 Å². The van der Waals surface area contributed by atoms with Gasteiger partial charge in [-0.15, -0.1) is 10.2 Å². The molecule has 0 saturated carbocycles. The number of fused-ring (bicyclic) bond motifs is 1. The Kier molecular flexibility index (Phi) is 6.28. The lowest BCUT2D eigenvalue weighted by Crippen LogP contribution is -2.08. The highest BCUT2D eigenvalue weighted by molar-refractivity contribution is 7.21. The van der Waals surface area contributed by atoms with E-state index in [1.807, 2.05) is 6.92 Å². The average molecular weight is 435 g/mol. The van der Waals surface area contributed by atoms with E-state index in [0.717, 1.165) is 6.42 Å². The first-order chi connectivity index (χ1) is 15.1. The van der Waals surface area contributed by atoms with Gasteiger partial charge in [0.25, 0.3) is 0 Å². The molecule has 1 heterocycles. The highest BCUT2D eigenvalue weighted by atomic mass is 32.1. The minimum Gasteiger partial charge on any atom is -0.494 e. The molecular weight excluding hydrogens is 417 g/mol. The van der Waals surface area contributed by atoms with Crippen LogP contribution in [0.4, 0.5) is 15.2 Å². The third kappa shape index (κ3) is 5.29. The van der Waals surface area contributed by atoms with Gasteiger partial charge < -0.3 is 9.47 Å². The molecule has 0 N–H and O–H groups in total. The lowest BCUT2D eigenvalue weighted by Gasteiger charge is -2.06. The Labute approximate surface area is 182 Å². The number of hydrogen-bond donors (Lipinski definition) is 0. The molecule has 4 rings (SSSR count). The summed E-state index contributed by atoms with van der Waals surface area (Å²) in [6, 6.07) is 17.8. The Balaban J connectivity index is 1.38. The van der Waals surface area contributed by atoms with E-state index in [1.165, 1.54) is 23.5 Å². The van der Waals surface area contributed by atoms with Crippen LogP contribution >= 0.6 is 11.3 Å². The molecule has 0 aliphatic carbocycles. The van der Waals surface area contributed by atoms with E-state index in [4.69, 9.17) is 9.47 Å². The summed E-state index contributed by atoms with van der Waals surface area (Å²) in [5, 5.41) is 8.67. The summed E-state index contributed by atoms with van der Waals surface area (Å²) in [7, 11) is 0. The highest BCUT2D eigenvalue weighted by Crippen LogP contribution is 2.30. The summed E-state index contributed by atoms with van der Waals surface area (Å²) in [6.45, 7) is 2.66. The third-order valence-corrected chi connectivity index (χ3v) is 5.10. The zero-order valence-corrected chi connectivity index (χ0v) is 17.4. The van der Waals surface area contributed by atoms with Crippen molar-refractivity contribution in [2.45, 2.75) is 13.3 Å². The van der Waals surface area contributed by atoms with Crippen LogP contribution in [0.15, 0.2) is 77.0 Å². The second-order valence-corrected chi connectivity index (χ2v) is 7.57. The molecule has 0 aliphatic heterocycles. The number of ether oxygens (including phenoxy) is 2. The number of rotatable bonds is 7. The van der Waals surface area contributed by atoms with Crippen LogP contribution in [-0.2, 0) is 0 Å². The van der Waals surface area contributed by atoms with E-state index in [-0.39, 0.29) is 5.82 Å². The minimum absolute atomic E-state index is 0.314. The van der Waals surface area contributed by atoms with Gasteiger partial charge in [-0.05, 0) is 73.2 Å². The fraction of sp³-hybridized carbons (Fsp3) is 0.130. The van der Waals surface area contributed by atoms with E-state index < -0.39 is 5.97 Å². The smallest absolute Gasteiger partial charge is 0.343 e. The van der Waals surface area contributed by atoms with Crippen molar-refractivity contribution in [1.82, 2.24) is 4.98 Å². The number of carbonyl (C=O) groups excluding carboxylic acids is 1. The molecule has 0 unspecified atom stereocenters. The molecule has 0 spiro atoms. The molecular formula is C23H18FN3O3S. The maximum absolute atomic E-state index is 13.3. The predicted molar refractivity (Wildman–Crippen MR) is 117 cm³/mol. The highest BCUT2D eigenvalue weighted by Gasteiger charge is 2.09. The van der Waals surface area contributed by atoms with Gasteiger partial charge in [-0.1, -0.05) is 18.3 Å². The molecule has 3 aromatic carbocycles. The van der Waals surface area contributed by atoms with Gasteiger partial charge in [0.15, 0.2) is 0 Å². The van der Waals surface area contributed by atoms with Gasteiger partial charge in [-0.25, -0.2) is 14.2 Å². The Morgan fingerprint density at radius 2 is 1.74 bits per heavy atom. The van der Waals surface area contributed by atoms with Gasteiger partial charge in [0, 0.05) is 0 Å². The zero-order valence-electron chi connectivity index (χ0n) is 16.6. The van der Waals surface area contributed by atoms with Crippen molar-refractivity contribution in [3.05, 3.63) is 78.1 Å². The Morgan fingerprint density at radius 1 is 1.00 bits per heavy atom. The second kappa shape index (κ2) is 9.44. The van der Waals surface area contributed by atoms with Crippen LogP contribution in [0.3, 0.4) is 0 Å². The number of esters is 1. The first-order valence-corrected chi connectivity index (χ1v) is 10.5. The van der Waals surface area contributed by atoms with Crippen LogP contribution < -0.4 is 9.47 Å². The zero-order chi connectivity index (χ0) is 21.6. The van der Waals surface area contributed by atoms with Crippen molar-refractivity contribution in [3.63, 3.8) is 0 Å². The van der Waals surface area contributed by atoms with Crippen LogP contribution in [0, 0.1) is 5.82 Å². The number of hydrogen-bond acceptors (Lipinski definition) is 7. The number of halogens is 1. The van der Waals surface area contributed by atoms with Crippen molar-refractivity contribution in [3.8, 4) is 11.5 Å². The van der Waals surface area contributed by atoms with Crippen molar-refractivity contribution in [2.24, 2.45) is 10.2 Å². The van der Waals surface area contributed by atoms with Gasteiger partial charge in [0.2, 0.25) is 5.13 Å². The third-order valence-electron chi connectivity index (χ3n) is 4.20. The van der Waals surface area contributed by atoms with Crippen molar-refractivity contribution >= 4 is 38.3 Å². The monoisotopic (exact) mass is 435 g/mol. The van der Waals surface area contributed by atoms with Crippen LogP contribution in [0.1, 0.15) is 23.7 Å². The van der Waals surface area contributed by atoms with Crippen LogP contribution in [0.25, 0.3) is 10.2 Å². The summed E-state index contributed by atoms with van der Waals surface area (Å²) in [4.78, 5) is 16.6. The second-order valence-electron chi connectivity index (χ2n) is 6.56. The first-order valence-electron chi connectivity index (χ1n) is 9.63. The minimum atomic E-state index is -0.460. The van der Waals surface area contributed by atoms with E-state index in [9.17, 15) is 9.18 Å². The molecule has 6 nitrogen and oxygen atoms in total. The molecule has 0 saturated heterocycles. The standard InChI is InChI=1S/C23H18FN3O3S/c1-2-13-29-18-8-3-15(4-9-18)22(28)30-19-10-6-17(7-11-19)26-27-23-25-20-12-5-16(24)14-21(20)31-23/h3-12,14H,2,13H2,1H3. The van der Waals surface area contributed by atoms with Crippen molar-refractivity contribution in [2.75, 3.05) is 6.61 Å². The van der Waals surface area contributed by atoms with Gasteiger partial charge in [-0.3, -0.25) is 0 Å². The molecule has 0 radical (unpaired) electrons. The van der Waals surface area contributed by atoms with E-state index in [2.05, 4.69) is 15.2 Å². The topological polar surface area (TPSA) is 73.1 Å². The number of thiazole rings is 1. The van der Waals surface area contributed by atoms with Gasteiger partial charge >= 0.3 is 5.97 Å². The number of azo groups is 1. The number of aromatic nitrogens is 1.